The van der Waals surface area contributed by atoms with Gasteiger partial charge in [-0.15, -0.1) is 0 Å². The van der Waals surface area contributed by atoms with E-state index in [4.69, 9.17) is 9.47 Å². The van der Waals surface area contributed by atoms with Crippen molar-refractivity contribution in [3.05, 3.63) is 29.8 Å². The van der Waals surface area contributed by atoms with Crippen molar-refractivity contribution in [1.29, 1.82) is 0 Å². The number of hydrazone groups is 1. The van der Waals surface area contributed by atoms with Crippen LogP contribution in [-0.2, 0) is 19.5 Å². The third-order valence-corrected chi connectivity index (χ3v) is 5.88. The van der Waals surface area contributed by atoms with E-state index in [1.807, 2.05) is 27.7 Å². The van der Waals surface area contributed by atoms with Gasteiger partial charge in [0, 0.05) is 12.1 Å². The molecule has 2 aliphatic rings. The summed E-state index contributed by atoms with van der Waals surface area (Å²) < 4.78 is 35.7. The van der Waals surface area contributed by atoms with Gasteiger partial charge in [-0.05, 0) is 46.2 Å². The number of benzene rings is 1. The molecule has 1 aromatic rings. The molecule has 1 unspecified atom stereocenters. The second-order valence-corrected chi connectivity index (χ2v) is 10.1. The van der Waals surface area contributed by atoms with E-state index in [2.05, 4.69) is 9.93 Å². The maximum atomic E-state index is 12.2. The summed E-state index contributed by atoms with van der Waals surface area (Å²) in [5.41, 5.74) is 0.0700. The van der Waals surface area contributed by atoms with Gasteiger partial charge in [-0.25, -0.2) is 9.63 Å². The fourth-order valence-electron chi connectivity index (χ4n) is 3.28. The highest BCUT2D eigenvalue weighted by Gasteiger charge is 2.51. The Morgan fingerprint density at radius 2 is 1.96 bits per heavy atom. The largest absolute Gasteiger partial charge is 0.444 e. The molecule has 9 heteroatoms. The molecular formula is C19H27N3O5S. The van der Waals surface area contributed by atoms with Gasteiger partial charge in [-0.2, -0.15) is 13.5 Å². The summed E-state index contributed by atoms with van der Waals surface area (Å²) in [4.78, 5) is 16.1. The third-order valence-electron chi connectivity index (χ3n) is 4.64. The summed E-state index contributed by atoms with van der Waals surface area (Å²) in [6, 6.07) is 6.56. The fourth-order valence-corrected chi connectivity index (χ4v) is 4.08. The fraction of sp³-hybridized carbons (Fsp3) is 0.579. The van der Waals surface area contributed by atoms with E-state index in [-0.39, 0.29) is 22.5 Å². The van der Waals surface area contributed by atoms with Crippen LogP contribution in [0.15, 0.2) is 34.3 Å². The number of hydrogen-bond donors (Lipinski definition) is 1. The lowest BCUT2D eigenvalue weighted by molar-refractivity contribution is -0.109. The van der Waals surface area contributed by atoms with Crippen LogP contribution in [0.4, 0.5) is 4.79 Å². The standard InChI is InChI=1S/C19H27N3O5S/c1-14-5-7-16(8-6-14)28(24,25)21-20-10-15-9-19(26-11-15)12-22(13-19)17(23)27-18(2,3)4/h5-8,10,15,21H,9,11-13H2,1-4H3. The Morgan fingerprint density at radius 1 is 1.32 bits per heavy atom. The van der Waals surface area contributed by atoms with Crippen LogP contribution in [0.2, 0.25) is 0 Å². The SMILES string of the molecule is Cc1ccc(S(=O)(=O)NN=CC2COC3(C2)CN(C(=O)OC(C)(C)C)C3)cc1. The van der Waals surface area contributed by atoms with Crippen molar-refractivity contribution in [3.63, 3.8) is 0 Å². The van der Waals surface area contributed by atoms with Gasteiger partial charge >= 0.3 is 6.09 Å². The van der Waals surface area contributed by atoms with E-state index in [1.165, 1.54) is 0 Å². The topological polar surface area (TPSA) is 97.3 Å². The molecule has 2 aliphatic heterocycles. The van der Waals surface area contributed by atoms with Gasteiger partial charge in [0.2, 0.25) is 0 Å². The Balaban J connectivity index is 1.49. The molecule has 1 spiro atoms. The quantitative estimate of drug-likeness (QED) is 0.608. The molecule has 1 amide bonds. The molecule has 2 saturated heterocycles. The molecule has 2 heterocycles. The molecule has 1 aromatic carbocycles. The first kappa shape index (κ1) is 20.6. The van der Waals surface area contributed by atoms with Crippen LogP contribution >= 0.6 is 0 Å². The lowest BCUT2D eigenvalue weighted by Gasteiger charge is -2.46. The zero-order valence-corrected chi connectivity index (χ0v) is 17.5. The van der Waals surface area contributed by atoms with Gasteiger partial charge in [-0.1, -0.05) is 17.7 Å². The Kier molecular flexibility index (Phi) is 5.42. The van der Waals surface area contributed by atoms with E-state index >= 15 is 0 Å². The summed E-state index contributed by atoms with van der Waals surface area (Å²) in [6.07, 6.45) is 1.91. The second kappa shape index (κ2) is 7.36. The van der Waals surface area contributed by atoms with Crippen molar-refractivity contribution >= 4 is 22.3 Å². The molecular weight excluding hydrogens is 382 g/mol. The van der Waals surface area contributed by atoms with Gasteiger partial charge in [0.15, 0.2) is 0 Å². The smallest absolute Gasteiger partial charge is 0.410 e. The zero-order chi connectivity index (χ0) is 20.6. The Hall–Kier alpha value is -2.13. The van der Waals surface area contributed by atoms with Gasteiger partial charge in [0.25, 0.3) is 10.0 Å². The van der Waals surface area contributed by atoms with E-state index in [0.717, 1.165) is 5.56 Å². The highest BCUT2D eigenvalue weighted by Crippen LogP contribution is 2.37. The van der Waals surface area contributed by atoms with Crippen molar-refractivity contribution in [2.24, 2.45) is 11.0 Å². The van der Waals surface area contributed by atoms with Crippen molar-refractivity contribution in [3.8, 4) is 0 Å². The lowest BCUT2D eigenvalue weighted by Crippen LogP contribution is -2.63. The van der Waals surface area contributed by atoms with E-state index in [0.29, 0.717) is 26.1 Å². The monoisotopic (exact) mass is 409 g/mol. The van der Waals surface area contributed by atoms with Crippen molar-refractivity contribution < 1.29 is 22.7 Å². The first-order valence-corrected chi connectivity index (χ1v) is 10.7. The minimum absolute atomic E-state index is 0.0125. The Morgan fingerprint density at radius 3 is 2.57 bits per heavy atom. The lowest BCUT2D eigenvalue weighted by atomic mass is 9.88. The van der Waals surface area contributed by atoms with Crippen LogP contribution in [0, 0.1) is 12.8 Å². The van der Waals surface area contributed by atoms with E-state index in [1.54, 1.807) is 35.4 Å². The number of hydrogen-bond acceptors (Lipinski definition) is 6. The summed E-state index contributed by atoms with van der Waals surface area (Å²) in [7, 11) is -3.68. The van der Waals surface area contributed by atoms with Gasteiger partial charge in [-0.3, -0.25) is 0 Å². The summed E-state index contributed by atoms with van der Waals surface area (Å²) in [5, 5.41) is 3.90. The molecule has 0 saturated carbocycles. The molecule has 0 bridgehead atoms. The van der Waals surface area contributed by atoms with Crippen LogP contribution in [0.25, 0.3) is 0 Å². The third kappa shape index (κ3) is 4.82. The van der Waals surface area contributed by atoms with Gasteiger partial charge in [0.1, 0.15) is 11.2 Å². The predicted molar refractivity (Wildman–Crippen MR) is 105 cm³/mol. The summed E-state index contributed by atoms with van der Waals surface area (Å²) in [6.45, 7) is 8.77. The van der Waals surface area contributed by atoms with Crippen LogP contribution in [0.1, 0.15) is 32.8 Å². The number of sulfonamides is 1. The number of aryl methyl sites for hydroxylation is 1. The normalized spacial score (nSPS) is 21.7. The predicted octanol–water partition coefficient (Wildman–Crippen LogP) is 2.29. The molecule has 0 aromatic heterocycles. The number of likely N-dealkylation sites (tertiary alicyclic amines) is 1. The molecule has 3 rings (SSSR count). The minimum atomic E-state index is -3.68. The molecule has 2 fully saturated rings. The summed E-state index contributed by atoms with van der Waals surface area (Å²) >= 11 is 0. The molecule has 0 aliphatic carbocycles. The number of carbonyl (C=O) groups is 1. The van der Waals surface area contributed by atoms with Crippen LogP contribution in [0.5, 0.6) is 0 Å². The average molecular weight is 410 g/mol. The number of rotatable bonds is 4. The average Bonchev–Trinajstić information content (AvgIpc) is 2.96. The Bertz CT molecular complexity index is 853. The van der Waals surface area contributed by atoms with Crippen molar-refractivity contribution in [2.45, 2.75) is 50.2 Å². The molecule has 1 N–H and O–H groups in total. The first-order chi connectivity index (χ1) is 13.0. The van der Waals surface area contributed by atoms with Crippen LogP contribution < -0.4 is 4.83 Å². The minimum Gasteiger partial charge on any atom is -0.444 e. The zero-order valence-electron chi connectivity index (χ0n) is 16.6. The van der Waals surface area contributed by atoms with E-state index < -0.39 is 15.6 Å². The second-order valence-electron chi connectivity index (χ2n) is 8.48. The number of carbonyl (C=O) groups excluding carboxylic acids is 1. The van der Waals surface area contributed by atoms with Gasteiger partial charge in [0.05, 0.1) is 24.6 Å². The number of nitrogens with zero attached hydrogens (tertiary/aromatic N) is 2. The van der Waals surface area contributed by atoms with Crippen LogP contribution in [0.3, 0.4) is 0 Å². The Labute approximate surface area is 165 Å². The molecule has 8 nitrogen and oxygen atoms in total. The summed E-state index contributed by atoms with van der Waals surface area (Å²) in [5.74, 6) is -0.0125. The van der Waals surface area contributed by atoms with Gasteiger partial charge < -0.3 is 14.4 Å². The van der Waals surface area contributed by atoms with Crippen molar-refractivity contribution in [1.82, 2.24) is 9.73 Å². The molecule has 28 heavy (non-hydrogen) atoms. The number of ether oxygens (including phenoxy) is 2. The maximum Gasteiger partial charge on any atom is 0.410 e. The van der Waals surface area contributed by atoms with E-state index in [9.17, 15) is 13.2 Å². The molecule has 0 radical (unpaired) electrons. The molecule has 154 valence electrons. The first-order valence-electron chi connectivity index (χ1n) is 9.22. The number of nitrogens with one attached hydrogen (secondary N) is 1. The highest BCUT2D eigenvalue weighted by atomic mass is 32.2. The molecule has 1 atom stereocenters. The maximum absolute atomic E-state index is 12.2. The van der Waals surface area contributed by atoms with Crippen LogP contribution in [-0.4, -0.2) is 56.5 Å². The number of amides is 1. The van der Waals surface area contributed by atoms with Crippen molar-refractivity contribution in [2.75, 3.05) is 19.7 Å². The highest BCUT2D eigenvalue weighted by molar-refractivity contribution is 7.89.